The molecule has 0 atom stereocenters. The number of para-hydroxylation sites is 3. The summed E-state index contributed by atoms with van der Waals surface area (Å²) in [5, 5.41) is 7.56. The smallest absolute Gasteiger partial charge is 0.111 e. The maximum Gasteiger partial charge on any atom is 0.111 e. The summed E-state index contributed by atoms with van der Waals surface area (Å²) in [4.78, 5) is 5.43. The predicted molar refractivity (Wildman–Crippen MR) is 186 cm³/mol. The van der Waals surface area contributed by atoms with Gasteiger partial charge in [-0.25, -0.2) is 4.99 Å². The molecule has 204 valence electrons. The van der Waals surface area contributed by atoms with Gasteiger partial charge in [-0.15, -0.1) is 11.3 Å². The van der Waals surface area contributed by atoms with Crippen molar-refractivity contribution in [1.82, 2.24) is 9.13 Å². The first kappa shape index (κ1) is 24.4. The summed E-state index contributed by atoms with van der Waals surface area (Å²) in [6.07, 6.45) is 0. The standard InChI is InChI=1S/C39H27N3S/c1-24-20-23-35-38(29-16-8-11-19-34(29)43-35)39(24)40-25(2)41-30-17-9-6-14-27(30)36-32(41)21-22-33-37(36)28-15-7-10-18-31(28)42(33)26-12-4-3-5-13-26/h3-23H,1-2H3/b40-25+. The first-order valence-corrected chi connectivity index (χ1v) is 15.5. The minimum atomic E-state index is 0.961. The van der Waals surface area contributed by atoms with Crippen LogP contribution in [0.4, 0.5) is 5.69 Å². The first-order chi connectivity index (χ1) is 21.2. The molecule has 6 aromatic carbocycles. The van der Waals surface area contributed by atoms with Crippen molar-refractivity contribution in [3.8, 4) is 5.69 Å². The van der Waals surface area contributed by atoms with Gasteiger partial charge in [0.25, 0.3) is 0 Å². The minimum Gasteiger partial charge on any atom is -0.309 e. The Balaban J connectivity index is 1.39. The lowest BCUT2D eigenvalue weighted by atomic mass is 10.1. The third-order valence-electron chi connectivity index (χ3n) is 8.80. The number of aryl methyl sites for hydroxylation is 1. The average molecular weight is 570 g/mol. The normalized spacial score (nSPS) is 12.6. The Morgan fingerprint density at radius 1 is 0.535 bits per heavy atom. The molecule has 4 heteroatoms. The van der Waals surface area contributed by atoms with Crippen molar-refractivity contribution in [3.05, 3.63) is 133 Å². The van der Waals surface area contributed by atoms with Gasteiger partial charge in [-0.1, -0.05) is 78.9 Å². The molecule has 3 heterocycles. The second-order valence-corrected chi connectivity index (χ2v) is 12.3. The number of rotatable bonds is 2. The number of fused-ring (bicyclic) bond motifs is 10. The van der Waals surface area contributed by atoms with E-state index in [1.807, 2.05) is 11.3 Å². The Labute approximate surface area is 252 Å². The highest BCUT2D eigenvalue weighted by atomic mass is 32.1. The molecule has 0 unspecified atom stereocenters. The van der Waals surface area contributed by atoms with Gasteiger partial charge in [-0.05, 0) is 67.9 Å². The van der Waals surface area contributed by atoms with Crippen molar-refractivity contribution in [3.63, 3.8) is 0 Å². The summed E-state index contributed by atoms with van der Waals surface area (Å²) in [6.45, 7) is 4.32. The Kier molecular flexibility index (Phi) is 5.20. The highest BCUT2D eigenvalue weighted by Gasteiger charge is 2.21. The number of aromatic nitrogens is 2. The van der Waals surface area contributed by atoms with Crippen LogP contribution in [0.15, 0.2) is 132 Å². The van der Waals surface area contributed by atoms with E-state index in [2.05, 4.69) is 150 Å². The van der Waals surface area contributed by atoms with Gasteiger partial charge in [0, 0.05) is 47.4 Å². The minimum absolute atomic E-state index is 0.961. The third kappa shape index (κ3) is 3.44. The highest BCUT2D eigenvalue weighted by Crippen LogP contribution is 2.43. The van der Waals surface area contributed by atoms with E-state index in [1.165, 1.54) is 75.0 Å². The van der Waals surface area contributed by atoms with Crippen molar-refractivity contribution >= 4 is 86.6 Å². The zero-order chi connectivity index (χ0) is 28.7. The lowest BCUT2D eigenvalue weighted by Crippen LogP contribution is -2.06. The van der Waals surface area contributed by atoms with E-state index in [0.717, 1.165) is 11.5 Å². The van der Waals surface area contributed by atoms with Crippen molar-refractivity contribution in [2.24, 2.45) is 4.99 Å². The molecule has 3 aromatic heterocycles. The Hall–Kier alpha value is -5.19. The van der Waals surface area contributed by atoms with Gasteiger partial charge in [0.1, 0.15) is 5.84 Å². The Morgan fingerprint density at radius 3 is 1.98 bits per heavy atom. The summed E-state index contributed by atoms with van der Waals surface area (Å²) in [5.74, 6) is 0.961. The molecular weight excluding hydrogens is 543 g/mol. The summed E-state index contributed by atoms with van der Waals surface area (Å²) in [6, 6.07) is 45.9. The molecule has 0 N–H and O–H groups in total. The van der Waals surface area contributed by atoms with Crippen molar-refractivity contribution in [2.75, 3.05) is 0 Å². The van der Waals surface area contributed by atoms with Gasteiger partial charge in [-0.2, -0.15) is 0 Å². The van der Waals surface area contributed by atoms with Crippen LogP contribution in [0.1, 0.15) is 12.5 Å². The zero-order valence-corrected chi connectivity index (χ0v) is 24.7. The van der Waals surface area contributed by atoms with Crippen molar-refractivity contribution < 1.29 is 0 Å². The van der Waals surface area contributed by atoms with Crippen LogP contribution >= 0.6 is 11.3 Å². The quantitative estimate of drug-likeness (QED) is 0.146. The van der Waals surface area contributed by atoms with Gasteiger partial charge in [0.2, 0.25) is 0 Å². The van der Waals surface area contributed by atoms with Gasteiger partial charge in [-0.3, -0.25) is 4.57 Å². The van der Waals surface area contributed by atoms with E-state index < -0.39 is 0 Å². The summed E-state index contributed by atoms with van der Waals surface area (Å²) in [7, 11) is 0. The molecule has 0 spiro atoms. The number of aliphatic imine (C=N–C) groups is 1. The van der Waals surface area contributed by atoms with E-state index in [1.54, 1.807) is 0 Å². The zero-order valence-electron chi connectivity index (χ0n) is 23.9. The van der Waals surface area contributed by atoms with E-state index in [0.29, 0.717) is 0 Å². The van der Waals surface area contributed by atoms with Crippen molar-refractivity contribution in [1.29, 1.82) is 0 Å². The lowest BCUT2D eigenvalue weighted by Gasteiger charge is -2.10. The first-order valence-electron chi connectivity index (χ1n) is 14.7. The molecule has 9 aromatic rings. The van der Waals surface area contributed by atoms with E-state index in [9.17, 15) is 0 Å². The van der Waals surface area contributed by atoms with Gasteiger partial charge < -0.3 is 4.57 Å². The van der Waals surface area contributed by atoms with Crippen LogP contribution in [-0.2, 0) is 0 Å². The van der Waals surface area contributed by atoms with Crippen LogP contribution in [0.3, 0.4) is 0 Å². The predicted octanol–water partition coefficient (Wildman–Crippen LogP) is 11.2. The Bertz CT molecular complexity index is 2580. The Morgan fingerprint density at radius 2 is 1.16 bits per heavy atom. The molecule has 3 nitrogen and oxygen atoms in total. The maximum atomic E-state index is 5.43. The molecule has 0 bridgehead atoms. The van der Waals surface area contributed by atoms with Crippen LogP contribution in [0, 0.1) is 6.92 Å². The third-order valence-corrected chi connectivity index (χ3v) is 9.94. The maximum absolute atomic E-state index is 5.43. The number of hydrogen-bond acceptors (Lipinski definition) is 2. The molecule has 0 saturated carbocycles. The SMILES string of the molecule is C/C(=N\c1c(C)ccc2sc3ccccc3c12)n1c2ccccc2c2c3c4ccccc4n(-c4ccccc4)c3ccc21. The number of hydrogen-bond donors (Lipinski definition) is 0. The molecule has 0 fully saturated rings. The molecule has 0 amide bonds. The highest BCUT2D eigenvalue weighted by molar-refractivity contribution is 7.26. The fraction of sp³-hybridized carbons (Fsp3) is 0.0513. The molecule has 0 aliphatic carbocycles. The lowest BCUT2D eigenvalue weighted by molar-refractivity contribution is 1.18. The molecule has 0 aliphatic heterocycles. The topological polar surface area (TPSA) is 22.2 Å². The molecule has 43 heavy (non-hydrogen) atoms. The van der Waals surface area contributed by atoms with Crippen LogP contribution in [0.25, 0.3) is 69.5 Å². The molecule has 0 aliphatic rings. The monoisotopic (exact) mass is 569 g/mol. The molecular formula is C39H27N3S. The van der Waals surface area contributed by atoms with E-state index >= 15 is 0 Å². The second-order valence-electron chi connectivity index (χ2n) is 11.3. The van der Waals surface area contributed by atoms with Crippen LogP contribution < -0.4 is 0 Å². The summed E-state index contributed by atoms with van der Waals surface area (Å²) >= 11 is 1.84. The van der Waals surface area contributed by atoms with Crippen molar-refractivity contribution in [2.45, 2.75) is 13.8 Å². The summed E-state index contributed by atoms with van der Waals surface area (Å²) < 4.78 is 7.32. The van der Waals surface area contributed by atoms with E-state index in [4.69, 9.17) is 4.99 Å². The number of thiophene rings is 1. The van der Waals surface area contributed by atoms with Gasteiger partial charge in [0.05, 0.1) is 27.8 Å². The molecule has 0 radical (unpaired) electrons. The van der Waals surface area contributed by atoms with E-state index in [-0.39, 0.29) is 0 Å². The van der Waals surface area contributed by atoms with Crippen LogP contribution in [0.2, 0.25) is 0 Å². The van der Waals surface area contributed by atoms with Crippen LogP contribution in [-0.4, -0.2) is 15.0 Å². The fourth-order valence-corrected chi connectivity index (χ4v) is 8.09. The summed E-state index contributed by atoms with van der Waals surface area (Å²) in [5.41, 5.74) is 8.17. The second kappa shape index (κ2) is 9.15. The number of benzene rings is 6. The van der Waals surface area contributed by atoms with Gasteiger partial charge >= 0.3 is 0 Å². The van der Waals surface area contributed by atoms with Gasteiger partial charge in [0.15, 0.2) is 0 Å². The largest absolute Gasteiger partial charge is 0.309 e. The number of nitrogens with zero attached hydrogens (tertiary/aromatic N) is 3. The molecule has 9 rings (SSSR count). The van der Waals surface area contributed by atoms with Crippen LogP contribution in [0.5, 0.6) is 0 Å². The molecule has 0 saturated heterocycles. The average Bonchev–Trinajstić information content (AvgIpc) is 3.70. The fourth-order valence-electron chi connectivity index (χ4n) is 6.98.